The Balaban J connectivity index is 1.63. The van der Waals surface area contributed by atoms with E-state index < -0.39 is 0 Å². The second-order valence-corrected chi connectivity index (χ2v) is 7.73. The Morgan fingerprint density at radius 2 is 2.09 bits per heavy atom. The predicted molar refractivity (Wildman–Crippen MR) is 84.7 cm³/mol. The van der Waals surface area contributed by atoms with E-state index >= 15 is 0 Å². The molecule has 0 aromatic carbocycles. The van der Waals surface area contributed by atoms with Crippen LogP contribution >= 0.6 is 0 Å². The first kappa shape index (κ1) is 15.3. The molecule has 0 bridgehead atoms. The number of aryl methyl sites for hydroxylation is 1. The van der Waals surface area contributed by atoms with Gasteiger partial charge in [-0.15, -0.1) is 10.2 Å². The van der Waals surface area contributed by atoms with Crippen molar-refractivity contribution in [2.24, 2.45) is 5.41 Å². The smallest absolute Gasteiger partial charge is 0.317 e. The fraction of sp³-hybridized carbons (Fsp3) is 0.812. The summed E-state index contributed by atoms with van der Waals surface area (Å²) in [5.74, 6) is 2.53. The van der Waals surface area contributed by atoms with Gasteiger partial charge in [-0.3, -0.25) is 0 Å². The van der Waals surface area contributed by atoms with Crippen LogP contribution in [0.4, 0.5) is 4.79 Å². The van der Waals surface area contributed by atoms with Gasteiger partial charge in [0.05, 0.1) is 0 Å². The number of hydrogen-bond donors (Lipinski definition) is 1. The number of nitrogens with zero attached hydrogens (tertiary/aromatic N) is 4. The lowest BCUT2D eigenvalue weighted by atomic mass is 9.96. The minimum Gasteiger partial charge on any atom is -0.337 e. The molecule has 0 saturated carbocycles. The van der Waals surface area contributed by atoms with Gasteiger partial charge in [-0.05, 0) is 24.7 Å². The van der Waals surface area contributed by atoms with Crippen LogP contribution < -0.4 is 5.32 Å². The maximum atomic E-state index is 12.4. The highest BCUT2D eigenvalue weighted by atomic mass is 16.2. The van der Waals surface area contributed by atoms with Crippen LogP contribution in [0.5, 0.6) is 0 Å². The van der Waals surface area contributed by atoms with Gasteiger partial charge in [0.25, 0.3) is 0 Å². The highest BCUT2D eigenvalue weighted by molar-refractivity contribution is 5.74. The van der Waals surface area contributed by atoms with Crippen LogP contribution in [-0.2, 0) is 13.0 Å². The third-order valence-corrected chi connectivity index (χ3v) is 4.48. The molecule has 122 valence electrons. The number of piperidine rings is 1. The molecule has 1 fully saturated rings. The topological polar surface area (TPSA) is 63.1 Å². The van der Waals surface area contributed by atoms with Crippen molar-refractivity contribution in [2.75, 3.05) is 19.6 Å². The number of rotatable bonds is 2. The summed E-state index contributed by atoms with van der Waals surface area (Å²) >= 11 is 0. The molecule has 3 heterocycles. The predicted octanol–water partition coefficient (Wildman–Crippen LogP) is 2.16. The summed E-state index contributed by atoms with van der Waals surface area (Å²) in [5, 5.41) is 11.8. The van der Waals surface area contributed by atoms with Gasteiger partial charge in [0.2, 0.25) is 0 Å². The first-order valence-electron chi connectivity index (χ1n) is 8.39. The summed E-state index contributed by atoms with van der Waals surface area (Å²) in [4.78, 5) is 14.3. The molecule has 2 amide bonds. The number of aromatic nitrogens is 3. The molecule has 2 aliphatic heterocycles. The molecule has 0 spiro atoms. The van der Waals surface area contributed by atoms with E-state index in [2.05, 4.69) is 40.9 Å². The van der Waals surface area contributed by atoms with Gasteiger partial charge in [0, 0.05) is 38.5 Å². The number of fused-ring (bicyclic) bond motifs is 1. The van der Waals surface area contributed by atoms with Crippen molar-refractivity contribution in [3.8, 4) is 0 Å². The number of carbonyl (C=O) groups is 1. The average molecular weight is 305 g/mol. The van der Waals surface area contributed by atoms with Crippen LogP contribution in [0.1, 0.15) is 57.6 Å². The molecule has 6 heteroatoms. The average Bonchev–Trinajstić information content (AvgIpc) is 3.06. The Morgan fingerprint density at radius 1 is 1.27 bits per heavy atom. The second-order valence-electron chi connectivity index (χ2n) is 7.73. The Morgan fingerprint density at radius 3 is 2.86 bits per heavy atom. The molecule has 1 atom stereocenters. The van der Waals surface area contributed by atoms with Crippen LogP contribution in [0.15, 0.2) is 0 Å². The molecule has 6 nitrogen and oxygen atoms in total. The summed E-state index contributed by atoms with van der Waals surface area (Å²) in [7, 11) is 0. The fourth-order valence-electron chi connectivity index (χ4n) is 3.30. The number of nitrogens with one attached hydrogen (secondary N) is 1. The van der Waals surface area contributed by atoms with Crippen molar-refractivity contribution < 1.29 is 4.79 Å². The maximum Gasteiger partial charge on any atom is 0.317 e. The van der Waals surface area contributed by atoms with Crippen molar-refractivity contribution >= 4 is 6.03 Å². The third-order valence-electron chi connectivity index (χ3n) is 4.48. The van der Waals surface area contributed by atoms with E-state index in [1.54, 1.807) is 0 Å². The normalized spacial score (nSPS) is 21.8. The summed E-state index contributed by atoms with van der Waals surface area (Å²) in [6, 6.07) is 0.0563. The first-order valence-corrected chi connectivity index (χ1v) is 8.39. The van der Waals surface area contributed by atoms with Gasteiger partial charge < -0.3 is 14.8 Å². The zero-order valence-corrected chi connectivity index (χ0v) is 13.9. The molecule has 0 unspecified atom stereocenters. The number of likely N-dealkylation sites (tertiary alicyclic amines) is 1. The Hall–Kier alpha value is -1.59. The van der Waals surface area contributed by atoms with Crippen molar-refractivity contribution in [1.82, 2.24) is 25.0 Å². The molecular weight excluding hydrogens is 278 g/mol. The van der Waals surface area contributed by atoms with E-state index in [9.17, 15) is 4.79 Å². The van der Waals surface area contributed by atoms with Crippen LogP contribution in [0, 0.1) is 5.41 Å². The summed E-state index contributed by atoms with van der Waals surface area (Å²) in [6.45, 7) is 9.72. The lowest BCUT2D eigenvalue weighted by Crippen LogP contribution is -2.47. The highest BCUT2D eigenvalue weighted by Gasteiger charge is 2.30. The van der Waals surface area contributed by atoms with E-state index in [0.29, 0.717) is 12.5 Å². The Bertz CT molecular complexity index is 545. The van der Waals surface area contributed by atoms with Crippen LogP contribution in [0.25, 0.3) is 0 Å². The summed E-state index contributed by atoms with van der Waals surface area (Å²) in [5.41, 5.74) is 0.110. The van der Waals surface area contributed by atoms with E-state index in [1.807, 2.05) is 4.90 Å². The molecule has 1 saturated heterocycles. The third kappa shape index (κ3) is 3.25. The number of amides is 2. The van der Waals surface area contributed by atoms with Gasteiger partial charge >= 0.3 is 6.03 Å². The van der Waals surface area contributed by atoms with Crippen molar-refractivity contribution in [3.63, 3.8) is 0 Å². The van der Waals surface area contributed by atoms with E-state index in [1.165, 1.54) is 6.42 Å². The van der Waals surface area contributed by atoms with Gasteiger partial charge in [-0.2, -0.15) is 0 Å². The number of hydrogen-bond acceptors (Lipinski definition) is 3. The molecule has 1 aromatic heterocycles. The molecule has 3 rings (SSSR count). The van der Waals surface area contributed by atoms with Gasteiger partial charge in [-0.25, -0.2) is 4.79 Å². The van der Waals surface area contributed by atoms with Gasteiger partial charge in [0.1, 0.15) is 11.6 Å². The summed E-state index contributed by atoms with van der Waals surface area (Å²) < 4.78 is 2.27. The van der Waals surface area contributed by atoms with E-state index in [4.69, 9.17) is 0 Å². The van der Waals surface area contributed by atoms with Gasteiger partial charge in [-0.1, -0.05) is 20.8 Å². The van der Waals surface area contributed by atoms with Crippen LogP contribution in [0.3, 0.4) is 0 Å². The second kappa shape index (κ2) is 5.89. The molecular formula is C16H27N5O. The summed E-state index contributed by atoms with van der Waals surface area (Å²) in [6.07, 6.45) is 4.34. The van der Waals surface area contributed by atoms with Gasteiger partial charge in [0.15, 0.2) is 0 Å². The largest absolute Gasteiger partial charge is 0.337 e. The van der Waals surface area contributed by atoms with Crippen LogP contribution in [-0.4, -0.2) is 45.3 Å². The molecule has 1 N–H and O–H groups in total. The lowest BCUT2D eigenvalue weighted by molar-refractivity contribution is 0.173. The van der Waals surface area contributed by atoms with Crippen LogP contribution in [0.2, 0.25) is 0 Å². The van der Waals surface area contributed by atoms with E-state index in [0.717, 1.165) is 50.5 Å². The minimum absolute atomic E-state index is 0.0563. The molecule has 2 aliphatic rings. The monoisotopic (exact) mass is 305 g/mol. The zero-order valence-electron chi connectivity index (χ0n) is 13.9. The SMILES string of the molecule is CC(C)(C)CNC(=O)N1CCC[C@@H](c2nnc3n2CCC3)C1. The molecule has 0 aliphatic carbocycles. The number of urea groups is 1. The molecule has 0 radical (unpaired) electrons. The van der Waals surface area contributed by atoms with Crippen molar-refractivity contribution in [2.45, 2.75) is 58.9 Å². The Labute approximate surface area is 132 Å². The highest BCUT2D eigenvalue weighted by Crippen LogP contribution is 2.28. The lowest BCUT2D eigenvalue weighted by Gasteiger charge is -2.33. The van der Waals surface area contributed by atoms with Crippen molar-refractivity contribution in [3.05, 3.63) is 11.6 Å². The maximum absolute atomic E-state index is 12.4. The zero-order chi connectivity index (χ0) is 15.7. The fourth-order valence-corrected chi connectivity index (χ4v) is 3.30. The molecule has 22 heavy (non-hydrogen) atoms. The first-order chi connectivity index (χ1) is 10.4. The Kier molecular flexibility index (Phi) is 4.10. The number of carbonyl (C=O) groups excluding carboxylic acids is 1. The van der Waals surface area contributed by atoms with Crippen molar-refractivity contribution in [1.29, 1.82) is 0 Å². The quantitative estimate of drug-likeness (QED) is 0.910. The van der Waals surface area contributed by atoms with E-state index in [-0.39, 0.29) is 11.4 Å². The minimum atomic E-state index is 0.0563. The molecule has 1 aromatic rings. The standard InChI is InChI=1S/C16H27N5O/c1-16(2,3)11-17-15(22)20-8-4-6-12(10-20)14-19-18-13-7-5-9-21(13)14/h12H,4-11H2,1-3H3,(H,17,22)/t12-/m1/s1.